The summed E-state index contributed by atoms with van der Waals surface area (Å²) in [6, 6.07) is 10.0. The number of thiazole rings is 1. The van der Waals surface area contributed by atoms with Crippen LogP contribution in [0, 0.1) is 5.92 Å². The Balaban J connectivity index is 0.874. The van der Waals surface area contributed by atoms with Crippen LogP contribution in [0.25, 0.3) is 21.3 Å². The second kappa shape index (κ2) is 16.2. The fourth-order valence-electron chi connectivity index (χ4n) is 8.94. The lowest BCUT2D eigenvalue weighted by molar-refractivity contribution is -0.141. The van der Waals surface area contributed by atoms with Gasteiger partial charge in [0, 0.05) is 51.1 Å². The average Bonchev–Trinajstić information content (AvgIpc) is 3.75. The molecule has 2 saturated heterocycles. The SMILES string of the molecule is COc1cc2nc([C@H]3CC[C@H](CN(C)C4CCN(c5ccc(Cl)c6c5n(C)c(=O)n6C5CCC(=O)NC5=O)CC4)CC3)sc2cc1NC(=O)c1cccc(C(F)(F)F)n1. The lowest BCUT2D eigenvalue weighted by atomic mass is 9.82. The number of rotatable bonds is 9. The highest BCUT2D eigenvalue weighted by atomic mass is 35.5. The number of methoxy groups -OCH3 is 1. The molecule has 18 heteroatoms. The predicted molar refractivity (Wildman–Crippen MR) is 220 cm³/mol. The summed E-state index contributed by atoms with van der Waals surface area (Å²) in [5, 5.41) is 6.42. The lowest BCUT2D eigenvalue weighted by Crippen LogP contribution is -2.45. The van der Waals surface area contributed by atoms with Crippen molar-refractivity contribution in [3.8, 4) is 5.75 Å². The molecular weight excluding hydrogens is 809 g/mol. The van der Waals surface area contributed by atoms with Gasteiger partial charge < -0.3 is 19.9 Å². The van der Waals surface area contributed by atoms with Crippen molar-refractivity contribution in [3.05, 3.63) is 74.4 Å². The third kappa shape index (κ3) is 8.03. The summed E-state index contributed by atoms with van der Waals surface area (Å²) in [7, 11) is 5.36. The number of ether oxygens (including phenoxy) is 1. The Kier molecular flexibility index (Phi) is 11.2. The summed E-state index contributed by atoms with van der Waals surface area (Å²) in [6.07, 6.45) is 1.77. The Morgan fingerprint density at radius 1 is 1.02 bits per heavy atom. The fraction of sp³-hybridized carbons (Fsp3) is 0.463. The number of pyridine rings is 1. The molecule has 8 rings (SSSR count). The number of aromatic nitrogens is 4. The fourth-order valence-corrected chi connectivity index (χ4v) is 10.3. The Labute approximate surface area is 346 Å². The first kappa shape index (κ1) is 40.8. The number of anilines is 2. The largest absolute Gasteiger partial charge is 0.494 e. The normalized spacial score (nSPS) is 20.7. The second-order valence-electron chi connectivity index (χ2n) is 15.7. The highest BCUT2D eigenvalue weighted by Gasteiger charge is 2.35. The first-order chi connectivity index (χ1) is 28.2. The first-order valence-corrected chi connectivity index (χ1v) is 20.9. The Morgan fingerprint density at radius 2 is 1.76 bits per heavy atom. The van der Waals surface area contributed by atoms with Crippen LogP contribution in [0.15, 0.2) is 47.3 Å². The Hall–Kier alpha value is -5.00. The van der Waals surface area contributed by atoms with Crippen LogP contribution in [-0.2, 0) is 22.8 Å². The summed E-state index contributed by atoms with van der Waals surface area (Å²) in [4.78, 5) is 64.3. The molecule has 1 aliphatic carbocycles. The van der Waals surface area contributed by atoms with Crippen molar-refractivity contribution in [1.29, 1.82) is 0 Å². The van der Waals surface area contributed by atoms with Gasteiger partial charge in [-0.25, -0.2) is 14.8 Å². The van der Waals surface area contributed by atoms with Crippen molar-refractivity contribution in [2.75, 3.05) is 44.0 Å². The number of imidazole rings is 1. The topological polar surface area (TPSA) is 144 Å². The van der Waals surface area contributed by atoms with Crippen LogP contribution in [0.4, 0.5) is 24.5 Å². The summed E-state index contributed by atoms with van der Waals surface area (Å²) >= 11 is 8.25. The number of nitrogens with one attached hydrogen (secondary N) is 2. The molecule has 3 aliphatic rings. The van der Waals surface area contributed by atoms with Crippen molar-refractivity contribution in [1.82, 2.24) is 29.3 Å². The summed E-state index contributed by atoms with van der Waals surface area (Å²) in [6.45, 7) is 2.59. The van der Waals surface area contributed by atoms with E-state index in [-0.39, 0.29) is 30.1 Å². The molecule has 0 radical (unpaired) electrons. The van der Waals surface area contributed by atoms with Gasteiger partial charge in [-0.3, -0.25) is 28.8 Å². The van der Waals surface area contributed by atoms with Gasteiger partial charge in [-0.1, -0.05) is 17.7 Å². The zero-order valence-electron chi connectivity index (χ0n) is 32.8. The van der Waals surface area contributed by atoms with Gasteiger partial charge in [-0.05, 0) is 88.2 Å². The second-order valence-corrected chi connectivity index (χ2v) is 17.2. The monoisotopic (exact) mass is 852 g/mol. The van der Waals surface area contributed by atoms with E-state index in [4.69, 9.17) is 21.3 Å². The van der Waals surface area contributed by atoms with Gasteiger partial charge in [-0.2, -0.15) is 13.2 Å². The smallest absolute Gasteiger partial charge is 0.433 e. The zero-order chi connectivity index (χ0) is 41.7. The van der Waals surface area contributed by atoms with E-state index in [1.54, 1.807) is 41.2 Å². The van der Waals surface area contributed by atoms with Gasteiger partial charge in [0.25, 0.3) is 5.91 Å². The molecule has 0 spiro atoms. The number of carbonyl (C=O) groups is 3. The highest BCUT2D eigenvalue weighted by molar-refractivity contribution is 7.18. The molecule has 5 heterocycles. The number of carbonyl (C=O) groups excluding carboxylic acids is 3. The first-order valence-electron chi connectivity index (χ1n) is 19.7. The summed E-state index contributed by atoms with van der Waals surface area (Å²) in [5.74, 6) is -0.416. The van der Waals surface area contributed by atoms with Gasteiger partial charge in [0.05, 0.1) is 49.8 Å². The maximum absolute atomic E-state index is 13.5. The highest BCUT2D eigenvalue weighted by Crippen LogP contribution is 2.42. The minimum Gasteiger partial charge on any atom is -0.494 e. The summed E-state index contributed by atoms with van der Waals surface area (Å²) < 4.78 is 48.9. The van der Waals surface area contributed by atoms with Gasteiger partial charge >= 0.3 is 11.9 Å². The molecule has 3 fully saturated rings. The van der Waals surface area contributed by atoms with Crippen LogP contribution >= 0.6 is 22.9 Å². The molecule has 2 aliphatic heterocycles. The number of fused-ring (bicyclic) bond motifs is 2. The van der Waals surface area contributed by atoms with Crippen LogP contribution < -0.4 is 26.0 Å². The van der Waals surface area contributed by atoms with Crippen molar-refractivity contribution in [3.63, 3.8) is 0 Å². The van der Waals surface area contributed by atoms with E-state index in [0.29, 0.717) is 45.4 Å². The number of benzene rings is 2. The molecule has 1 atom stereocenters. The van der Waals surface area contributed by atoms with E-state index in [0.717, 1.165) is 91.2 Å². The maximum Gasteiger partial charge on any atom is 0.433 e. The lowest BCUT2D eigenvalue weighted by Gasteiger charge is -2.40. The van der Waals surface area contributed by atoms with Gasteiger partial charge in [0.1, 0.15) is 23.2 Å². The van der Waals surface area contributed by atoms with Crippen molar-refractivity contribution in [2.45, 2.75) is 75.5 Å². The predicted octanol–water partition coefficient (Wildman–Crippen LogP) is 7.13. The van der Waals surface area contributed by atoms with Crippen LogP contribution in [0.2, 0.25) is 5.02 Å². The standard InChI is InChI=1S/C41H44ClF3N8O5S/c1-50(24-15-17-52(18-16-24)29-12-11-25(42)35-36(29)51(2)40(57)53(35)30-13-14-34(54)49-38(30)56)21-22-7-9-23(10-8-22)39-48-28-19-31(58-3)27(20-32(28)59-39)47-37(55)26-5-4-6-33(46-26)41(43,44)45/h4-6,11-12,19-20,22-24,30H,7-10,13-18,21H2,1-3H3,(H,47,55)(H,49,54,56)/t22-,23-,30?. The Bertz CT molecular complexity index is 2500. The van der Waals surface area contributed by atoms with Gasteiger partial charge in [-0.15, -0.1) is 11.3 Å². The van der Waals surface area contributed by atoms with Crippen LogP contribution in [0.5, 0.6) is 5.75 Å². The molecule has 2 aromatic carbocycles. The molecule has 13 nitrogen and oxygen atoms in total. The molecule has 3 amide bonds. The Morgan fingerprint density at radius 3 is 2.46 bits per heavy atom. The van der Waals surface area contributed by atoms with E-state index < -0.39 is 29.7 Å². The molecule has 1 saturated carbocycles. The van der Waals surface area contributed by atoms with Crippen molar-refractivity contribution in [2.24, 2.45) is 13.0 Å². The van der Waals surface area contributed by atoms with Crippen molar-refractivity contribution < 1.29 is 32.3 Å². The molecular formula is C41H44ClF3N8O5S. The number of nitrogens with zero attached hydrogens (tertiary/aromatic N) is 6. The van der Waals surface area contributed by atoms with E-state index in [2.05, 4.69) is 32.5 Å². The minimum absolute atomic E-state index is 0.155. The third-order valence-corrected chi connectivity index (χ3v) is 13.6. The van der Waals surface area contributed by atoms with Crippen LogP contribution in [0.1, 0.15) is 84.5 Å². The van der Waals surface area contributed by atoms with Crippen molar-refractivity contribution >= 4 is 73.3 Å². The molecule has 5 aromatic rings. The number of hydrogen-bond donors (Lipinski definition) is 2. The molecule has 0 bridgehead atoms. The number of amides is 3. The van der Waals surface area contributed by atoms with Crippen LogP contribution in [-0.4, -0.2) is 81.6 Å². The maximum atomic E-state index is 13.5. The number of piperidine rings is 2. The van der Waals surface area contributed by atoms with Crippen LogP contribution in [0.3, 0.4) is 0 Å². The average molecular weight is 853 g/mol. The number of aryl methyl sites for hydroxylation is 1. The molecule has 312 valence electrons. The molecule has 3 aromatic heterocycles. The number of alkyl halides is 3. The third-order valence-electron chi connectivity index (χ3n) is 12.1. The molecule has 1 unspecified atom stereocenters. The number of halogens is 4. The zero-order valence-corrected chi connectivity index (χ0v) is 34.3. The van der Waals surface area contributed by atoms with E-state index in [9.17, 15) is 32.3 Å². The number of hydrogen-bond acceptors (Lipinski definition) is 10. The summed E-state index contributed by atoms with van der Waals surface area (Å²) in [5.41, 5.74) is 1.31. The number of imide groups is 1. The van der Waals surface area contributed by atoms with E-state index >= 15 is 0 Å². The van der Waals surface area contributed by atoms with E-state index in [1.807, 2.05) is 6.07 Å². The molecule has 59 heavy (non-hydrogen) atoms. The van der Waals surface area contributed by atoms with Gasteiger partial charge in [0.2, 0.25) is 11.8 Å². The quantitative estimate of drug-likeness (QED) is 0.148. The van der Waals surface area contributed by atoms with Gasteiger partial charge in [0.15, 0.2) is 0 Å². The minimum atomic E-state index is -4.67. The van der Waals surface area contributed by atoms with E-state index in [1.165, 1.54) is 17.7 Å². The molecule has 2 N–H and O–H groups in total.